The highest BCUT2D eigenvalue weighted by atomic mass is 16.4. The lowest BCUT2D eigenvalue weighted by atomic mass is 9.93. The Morgan fingerprint density at radius 2 is 2.05 bits per heavy atom. The highest BCUT2D eigenvalue weighted by molar-refractivity contribution is 5.98. The van der Waals surface area contributed by atoms with Gasteiger partial charge in [-0.25, -0.2) is 4.79 Å². The van der Waals surface area contributed by atoms with E-state index in [0.29, 0.717) is 0 Å². The van der Waals surface area contributed by atoms with Gasteiger partial charge >= 0.3 is 11.7 Å². The lowest BCUT2D eigenvalue weighted by Crippen LogP contribution is -2.45. The summed E-state index contributed by atoms with van der Waals surface area (Å²) in [5.41, 5.74) is -1.31. The van der Waals surface area contributed by atoms with Crippen LogP contribution >= 0.6 is 0 Å². The monoisotopic (exact) mass is 267 g/mol. The summed E-state index contributed by atoms with van der Waals surface area (Å²) >= 11 is 0. The van der Waals surface area contributed by atoms with E-state index in [0.717, 1.165) is 4.57 Å². The molecule has 0 aliphatic carbocycles. The topological polar surface area (TPSA) is 110 Å². The molecule has 1 aromatic heterocycles. The van der Waals surface area contributed by atoms with Crippen LogP contribution in [0.5, 0.6) is 0 Å². The Hall–Kier alpha value is -2.38. The fourth-order valence-corrected chi connectivity index (χ4v) is 2.21. The zero-order valence-corrected chi connectivity index (χ0v) is 10.5. The van der Waals surface area contributed by atoms with Gasteiger partial charge in [0.15, 0.2) is 0 Å². The molecule has 1 unspecified atom stereocenters. The number of amides is 1. The van der Waals surface area contributed by atoms with Gasteiger partial charge in [0.1, 0.15) is 5.82 Å². The number of hydrogen-bond acceptors (Lipinski definition) is 4. The summed E-state index contributed by atoms with van der Waals surface area (Å²) in [6.45, 7) is 1.89. The van der Waals surface area contributed by atoms with Crippen LogP contribution in [-0.4, -0.2) is 26.1 Å². The number of nitrogens with zero attached hydrogens (tertiary/aromatic N) is 2. The van der Waals surface area contributed by atoms with Crippen molar-refractivity contribution in [2.75, 3.05) is 5.32 Å². The third-order valence-electron chi connectivity index (χ3n) is 3.19. The molecule has 0 radical (unpaired) electrons. The van der Waals surface area contributed by atoms with Crippen molar-refractivity contribution in [1.82, 2.24) is 9.13 Å². The van der Waals surface area contributed by atoms with Gasteiger partial charge in [0, 0.05) is 20.0 Å². The second-order valence-electron chi connectivity index (χ2n) is 4.30. The van der Waals surface area contributed by atoms with Gasteiger partial charge < -0.3 is 10.4 Å². The number of carboxylic acids is 1. The number of aromatic nitrogens is 2. The Morgan fingerprint density at radius 1 is 1.42 bits per heavy atom. The highest BCUT2D eigenvalue weighted by Crippen LogP contribution is 2.28. The van der Waals surface area contributed by atoms with Gasteiger partial charge in [-0.2, -0.15) is 0 Å². The molecule has 2 N–H and O–H groups in total. The van der Waals surface area contributed by atoms with E-state index in [4.69, 9.17) is 5.11 Å². The molecule has 1 aromatic rings. The number of hydrogen-bond donors (Lipinski definition) is 2. The average Bonchev–Trinajstić information content (AvgIpc) is 2.35. The van der Waals surface area contributed by atoms with E-state index in [2.05, 4.69) is 5.32 Å². The normalized spacial score (nSPS) is 17.8. The van der Waals surface area contributed by atoms with Gasteiger partial charge in [-0.05, 0) is 6.92 Å². The van der Waals surface area contributed by atoms with Crippen LogP contribution in [0.25, 0.3) is 0 Å². The summed E-state index contributed by atoms with van der Waals surface area (Å²) in [5.74, 6) is -3.00. The fourth-order valence-electron chi connectivity index (χ4n) is 2.21. The number of aliphatic carboxylic acids is 1. The van der Waals surface area contributed by atoms with Crippen molar-refractivity contribution in [2.24, 2.45) is 7.05 Å². The van der Waals surface area contributed by atoms with Crippen LogP contribution in [0.15, 0.2) is 9.59 Å². The highest BCUT2D eigenvalue weighted by Gasteiger charge is 2.35. The summed E-state index contributed by atoms with van der Waals surface area (Å²) in [6.07, 6.45) is -0.306. The number of carbonyl (C=O) groups excluding carboxylic acids is 1. The van der Waals surface area contributed by atoms with Crippen molar-refractivity contribution in [2.45, 2.75) is 25.8 Å². The van der Waals surface area contributed by atoms with Gasteiger partial charge in [0.05, 0.1) is 11.5 Å². The summed E-state index contributed by atoms with van der Waals surface area (Å²) in [4.78, 5) is 46.7. The maximum Gasteiger partial charge on any atom is 0.332 e. The molecule has 0 aromatic carbocycles. The fraction of sp³-hybridized carbons (Fsp3) is 0.455. The standard InChI is InChI=1S/C11H13N3O5/c1-3-14-8-7(9(16)13(2)11(14)19)5(10(17)18)4-6(15)12-8/h5H,3-4H2,1-2H3,(H,12,15)(H,17,18). The smallest absolute Gasteiger partial charge is 0.332 e. The minimum Gasteiger partial charge on any atom is -0.481 e. The van der Waals surface area contributed by atoms with Crippen molar-refractivity contribution in [3.63, 3.8) is 0 Å². The summed E-state index contributed by atoms with van der Waals surface area (Å²) < 4.78 is 2.04. The molecule has 1 atom stereocenters. The molecule has 8 nitrogen and oxygen atoms in total. The Morgan fingerprint density at radius 3 is 2.58 bits per heavy atom. The number of carbonyl (C=O) groups is 2. The van der Waals surface area contributed by atoms with E-state index < -0.39 is 29.0 Å². The van der Waals surface area contributed by atoms with E-state index in [1.807, 2.05) is 0 Å². The second-order valence-corrected chi connectivity index (χ2v) is 4.30. The molecule has 0 saturated heterocycles. The molecule has 2 rings (SSSR count). The molecule has 1 aliphatic heterocycles. The third-order valence-corrected chi connectivity index (χ3v) is 3.19. The minimum atomic E-state index is -1.26. The van der Waals surface area contributed by atoms with Crippen molar-refractivity contribution in [3.8, 4) is 0 Å². The van der Waals surface area contributed by atoms with Crippen LogP contribution in [0.1, 0.15) is 24.8 Å². The number of nitrogens with one attached hydrogen (secondary N) is 1. The molecular weight excluding hydrogens is 254 g/mol. The van der Waals surface area contributed by atoms with E-state index in [1.54, 1.807) is 6.92 Å². The van der Waals surface area contributed by atoms with Crippen LogP contribution < -0.4 is 16.6 Å². The predicted octanol–water partition coefficient (Wildman–Crippen LogP) is -0.923. The third kappa shape index (κ3) is 1.85. The average molecular weight is 267 g/mol. The van der Waals surface area contributed by atoms with Crippen LogP contribution in [0.2, 0.25) is 0 Å². The van der Waals surface area contributed by atoms with Crippen LogP contribution in [0, 0.1) is 0 Å². The number of anilines is 1. The summed E-state index contributed by atoms with van der Waals surface area (Å²) in [6, 6.07) is 0. The molecule has 2 heterocycles. The maximum atomic E-state index is 12.1. The molecule has 1 amide bonds. The van der Waals surface area contributed by atoms with Crippen LogP contribution in [0.3, 0.4) is 0 Å². The first kappa shape index (κ1) is 13.1. The first-order valence-corrected chi connectivity index (χ1v) is 5.74. The Bertz CT molecular complexity index is 685. The van der Waals surface area contributed by atoms with E-state index in [1.165, 1.54) is 11.6 Å². The molecule has 0 bridgehead atoms. The van der Waals surface area contributed by atoms with Gasteiger partial charge in [-0.3, -0.25) is 23.5 Å². The lowest BCUT2D eigenvalue weighted by molar-refractivity contribution is -0.140. The Labute approximate surface area is 107 Å². The van der Waals surface area contributed by atoms with Crippen molar-refractivity contribution >= 4 is 17.7 Å². The summed E-state index contributed by atoms with van der Waals surface area (Å²) in [7, 11) is 1.28. The first-order valence-electron chi connectivity index (χ1n) is 5.74. The number of carboxylic acid groups (broad SMARTS) is 1. The predicted molar refractivity (Wildman–Crippen MR) is 65.2 cm³/mol. The van der Waals surface area contributed by atoms with Gasteiger partial charge in [0.25, 0.3) is 5.56 Å². The van der Waals surface area contributed by atoms with Crippen LogP contribution in [-0.2, 0) is 23.2 Å². The lowest BCUT2D eigenvalue weighted by Gasteiger charge is -2.25. The van der Waals surface area contributed by atoms with E-state index >= 15 is 0 Å². The zero-order valence-electron chi connectivity index (χ0n) is 10.5. The first-order chi connectivity index (χ1) is 8.88. The second kappa shape index (κ2) is 4.38. The Kier molecular flexibility index (Phi) is 3.01. The largest absolute Gasteiger partial charge is 0.481 e. The molecule has 0 spiro atoms. The van der Waals surface area contributed by atoms with E-state index in [9.17, 15) is 19.2 Å². The minimum absolute atomic E-state index is 0.000694. The van der Waals surface area contributed by atoms with Gasteiger partial charge in [-0.1, -0.05) is 0 Å². The molecule has 0 saturated carbocycles. The van der Waals surface area contributed by atoms with Gasteiger partial charge in [-0.15, -0.1) is 0 Å². The molecule has 1 aliphatic rings. The number of rotatable bonds is 2. The molecule has 19 heavy (non-hydrogen) atoms. The number of fused-ring (bicyclic) bond motifs is 1. The molecule has 0 fully saturated rings. The maximum absolute atomic E-state index is 12.1. The summed E-state index contributed by atoms with van der Waals surface area (Å²) in [5, 5.41) is 11.6. The van der Waals surface area contributed by atoms with Crippen molar-refractivity contribution < 1.29 is 14.7 Å². The SMILES string of the molecule is CCn1c2c(c(=O)n(C)c1=O)C(C(=O)O)CC(=O)N2. The Balaban J connectivity index is 2.88. The van der Waals surface area contributed by atoms with Crippen molar-refractivity contribution in [3.05, 3.63) is 26.4 Å². The molecule has 8 heteroatoms. The van der Waals surface area contributed by atoms with Gasteiger partial charge in [0.2, 0.25) is 5.91 Å². The quantitative estimate of drug-likeness (QED) is 0.719. The molecular formula is C11H13N3O5. The zero-order chi connectivity index (χ0) is 14.3. The van der Waals surface area contributed by atoms with Crippen molar-refractivity contribution in [1.29, 1.82) is 0 Å². The van der Waals surface area contributed by atoms with Crippen LogP contribution in [0.4, 0.5) is 5.82 Å². The van der Waals surface area contributed by atoms with E-state index in [-0.39, 0.29) is 24.3 Å². The molecule has 102 valence electrons.